The summed E-state index contributed by atoms with van der Waals surface area (Å²) in [6.45, 7) is 8.69. The number of nitrogen functional groups attached to an aromatic ring is 1. The average Bonchev–Trinajstić information content (AvgIpc) is 3.27. The van der Waals surface area contributed by atoms with Crippen molar-refractivity contribution in [3.05, 3.63) is 103 Å². The van der Waals surface area contributed by atoms with Gasteiger partial charge < -0.3 is 11.1 Å². The molecule has 1 aromatic heterocycles. The number of nitrogens with one attached hydrogen (secondary N) is 1. The maximum atomic E-state index is 6.63. The Morgan fingerprint density at radius 2 is 1.86 bits per heavy atom. The van der Waals surface area contributed by atoms with E-state index in [4.69, 9.17) is 5.73 Å². The van der Waals surface area contributed by atoms with Crippen molar-refractivity contribution in [2.45, 2.75) is 62.2 Å². The monoisotopic (exact) mass is 466 g/mol. The molecule has 2 aromatic carbocycles. The Bertz CT molecular complexity index is 1180. The Hall–Kier alpha value is -3.27. The van der Waals surface area contributed by atoms with E-state index in [0.29, 0.717) is 11.8 Å². The highest BCUT2D eigenvalue weighted by Gasteiger charge is 2.39. The second-order valence-corrected chi connectivity index (χ2v) is 10.6. The van der Waals surface area contributed by atoms with Crippen molar-refractivity contribution in [1.82, 2.24) is 9.78 Å². The van der Waals surface area contributed by atoms with Gasteiger partial charge in [-0.25, -0.2) is 0 Å². The van der Waals surface area contributed by atoms with E-state index < -0.39 is 0 Å². The lowest BCUT2D eigenvalue weighted by Gasteiger charge is -2.41. The van der Waals surface area contributed by atoms with Crippen molar-refractivity contribution < 1.29 is 0 Å². The van der Waals surface area contributed by atoms with Gasteiger partial charge in [0.25, 0.3) is 0 Å². The molecular formula is C31H38N4. The number of benzene rings is 2. The van der Waals surface area contributed by atoms with E-state index in [9.17, 15) is 0 Å². The molecule has 3 aromatic rings. The fourth-order valence-corrected chi connectivity index (χ4v) is 6.45. The predicted molar refractivity (Wildman–Crippen MR) is 146 cm³/mol. The molecule has 0 radical (unpaired) electrons. The van der Waals surface area contributed by atoms with Gasteiger partial charge in [0, 0.05) is 47.3 Å². The molecule has 2 saturated carbocycles. The molecule has 0 amide bonds. The highest BCUT2D eigenvalue weighted by atomic mass is 15.3. The van der Waals surface area contributed by atoms with E-state index in [2.05, 4.69) is 84.2 Å². The van der Waals surface area contributed by atoms with Crippen LogP contribution in [0.5, 0.6) is 0 Å². The molecule has 0 spiro atoms. The molecule has 5 rings (SSSR count). The number of allylic oxidation sites excluding steroid dienone is 2. The largest absolute Gasteiger partial charge is 0.398 e. The van der Waals surface area contributed by atoms with Gasteiger partial charge in [0.15, 0.2) is 0 Å². The summed E-state index contributed by atoms with van der Waals surface area (Å²) < 4.78 is 1.99. The van der Waals surface area contributed by atoms with Gasteiger partial charge in [-0.05, 0) is 66.8 Å². The van der Waals surface area contributed by atoms with Crippen LogP contribution < -0.4 is 11.1 Å². The van der Waals surface area contributed by atoms with Gasteiger partial charge in [0.1, 0.15) is 0 Å². The second-order valence-electron chi connectivity index (χ2n) is 10.6. The molecule has 4 nitrogen and oxygen atoms in total. The van der Waals surface area contributed by atoms with E-state index in [1.54, 1.807) is 0 Å². The fourth-order valence-electron chi connectivity index (χ4n) is 6.45. The molecule has 1 unspecified atom stereocenters. The van der Waals surface area contributed by atoms with Crippen LogP contribution in [0.2, 0.25) is 0 Å². The first kappa shape index (κ1) is 23.5. The first-order valence-electron chi connectivity index (χ1n) is 13.0. The lowest BCUT2D eigenvalue weighted by molar-refractivity contribution is 0.231. The summed E-state index contributed by atoms with van der Waals surface area (Å²) in [6.07, 6.45) is 12.4. The predicted octanol–water partition coefficient (Wildman–Crippen LogP) is 7.29. The number of rotatable bonds is 8. The van der Waals surface area contributed by atoms with Crippen molar-refractivity contribution in [1.29, 1.82) is 0 Å². The minimum absolute atomic E-state index is 0.00744. The number of aryl methyl sites for hydroxylation is 1. The second kappa shape index (κ2) is 9.77. The zero-order valence-electron chi connectivity index (χ0n) is 20.9. The van der Waals surface area contributed by atoms with Gasteiger partial charge in [-0.15, -0.1) is 6.58 Å². The minimum atomic E-state index is 0.00744. The molecule has 0 aliphatic heterocycles. The molecule has 2 fully saturated rings. The van der Waals surface area contributed by atoms with Crippen LogP contribution in [-0.2, 0) is 12.5 Å². The molecule has 0 bridgehead atoms. The SMILES string of the molecule is C=CC1(c2ccc(NC(=C)C(c3ccnn3C)C3CC(c4ccccc4)C3)cc2N)CCCCC1. The zero-order valence-corrected chi connectivity index (χ0v) is 20.9. The smallest absolute Gasteiger partial charge is 0.0492 e. The van der Waals surface area contributed by atoms with Gasteiger partial charge in [-0.1, -0.05) is 68.3 Å². The highest BCUT2D eigenvalue weighted by molar-refractivity contribution is 5.64. The molecule has 1 heterocycles. The Morgan fingerprint density at radius 3 is 2.49 bits per heavy atom. The normalized spacial score (nSPS) is 22.1. The Balaban J connectivity index is 1.35. The molecule has 35 heavy (non-hydrogen) atoms. The van der Waals surface area contributed by atoms with Crippen LogP contribution in [0.4, 0.5) is 11.4 Å². The third-order valence-corrected chi connectivity index (χ3v) is 8.50. The molecule has 1 atom stereocenters. The maximum Gasteiger partial charge on any atom is 0.0492 e. The van der Waals surface area contributed by atoms with E-state index in [-0.39, 0.29) is 11.3 Å². The molecule has 4 heteroatoms. The molecule has 3 N–H and O–H groups in total. The van der Waals surface area contributed by atoms with Crippen LogP contribution in [0.25, 0.3) is 0 Å². The molecule has 182 valence electrons. The Labute approximate surface area is 209 Å². The first-order chi connectivity index (χ1) is 17.0. The Morgan fingerprint density at radius 1 is 1.11 bits per heavy atom. The van der Waals surface area contributed by atoms with Gasteiger partial charge in [0.05, 0.1) is 0 Å². The third kappa shape index (κ3) is 4.54. The summed E-state index contributed by atoms with van der Waals surface area (Å²) >= 11 is 0. The molecule has 0 saturated heterocycles. The highest BCUT2D eigenvalue weighted by Crippen LogP contribution is 2.50. The molecule has 2 aliphatic carbocycles. The van der Waals surface area contributed by atoms with Crippen molar-refractivity contribution in [2.24, 2.45) is 13.0 Å². The van der Waals surface area contributed by atoms with Crippen LogP contribution in [-0.4, -0.2) is 9.78 Å². The van der Waals surface area contributed by atoms with E-state index >= 15 is 0 Å². The van der Waals surface area contributed by atoms with Gasteiger partial charge >= 0.3 is 0 Å². The van der Waals surface area contributed by atoms with Crippen molar-refractivity contribution in [3.8, 4) is 0 Å². The van der Waals surface area contributed by atoms with Crippen LogP contribution in [0.15, 0.2) is 85.7 Å². The number of anilines is 2. The number of nitrogens with zero attached hydrogens (tertiary/aromatic N) is 2. The standard InChI is InChI=1S/C31H38N4/c1-4-31(16-9-6-10-17-31)27-14-13-26(21-28(27)32)34-22(2)30(29-15-18-33-35(29)3)25-19-24(20-25)23-11-7-5-8-12-23/h4-5,7-8,11-15,18,21,24-25,30,34H,1-2,6,9-10,16-17,19-20,32H2,3H3. The number of aromatic nitrogens is 2. The quantitative estimate of drug-likeness (QED) is 0.271. The van der Waals surface area contributed by atoms with Gasteiger partial charge in [-0.3, -0.25) is 4.68 Å². The minimum Gasteiger partial charge on any atom is -0.398 e. The molecular weight excluding hydrogens is 428 g/mol. The summed E-state index contributed by atoms with van der Waals surface area (Å²) in [5, 5.41) is 8.08. The summed E-state index contributed by atoms with van der Waals surface area (Å²) in [5.74, 6) is 1.34. The molecule has 2 aliphatic rings. The van der Waals surface area contributed by atoms with Crippen molar-refractivity contribution >= 4 is 11.4 Å². The van der Waals surface area contributed by atoms with Crippen molar-refractivity contribution in [2.75, 3.05) is 11.1 Å². The number of hydrogen-bond acceptors (Lipinski definition) is 3. The summed E-state index contributed by atoms with van der Waals surface area (Å²) in [6, 6.07) is 19.4. The van der Waals surface area contributed by atoms with Gasteiger partial charge in [0.2, 0.25) is 0 Å². The van der Waals surface area contributed by atoms with Crippen LogP contribution >= 0.6 is 0 Å². The zero-order chi connectivity index (χ0) is 24.4. The third-order valence-electron chi connectivity index (χ3n) is 8.50. The van der Waals surface area contributed by atoms with Crippen LogP contribution in [0.1, 0.15) is 73.6 Å². The van der Waals surface area contributed by atoms with Crippen molar-refractivity contribution in [3.63, 3.8) is 0 Å². The van der Waals surface area contributed by atoms with Crippen LogP contribution in [0, 0.1) is 5.92 Å². The maximum absolute atomic E-state index is 6.63. The summed E-state index contributed by atoms with van der Waals surface area (Å²) in [5.41, 5.74) is 13.3. The summed E-state index contributed by atoms with van der Waals surface area (Å²) in [7, 11) is 2.02. The summed E-state index contributed by atoms with van der Waals surface area (Å²) in [4.78, 5) is 0. The van der Waals surface area contributed by atoms with Gasteiger partial charge in [-0.2, -0.15) is 5.10 Å². The topological polar surface area (TPSA) is 55.9 Å². The first-order valence-corrected chi connectivity index (χ1v) is 13.0. The average molecular weight is 467 g/mol. The van der Waals surface area contributed by atoms with E-state index in [1.165, 1.54) is 36.1 Å². The van der Waals surface area contributed by atoms with E-state index in [1.807, 2.05) is 17.9 Å². The number of hydrogen-bond donors (Lipinski definition) is 2. The van der Waals surface area contributed by atoms with E-state index in [0.717, 1.165) is 42.8 Å². The Kier molecular flexibility index (Phi) is 6.55. The fraction of sp³-hybridized carbons (Fsp3) is 0.387. The lowest BCUT2D eigenvalue weighted by atomic mass is 9.64. The van der Waals surface area contributed by atoms with Crippen LogP contribution in [0.3, 0.4) is 0 Å². The lowest BCUT2D eigenvalue weighted by Crippen LogP contribution is -2.31. The number of nitrogens with two attached hydrogens (primary N) is 1.